The Kier molecular flexibility index (Phi) is 5.90. The lowest BCUT2D eigenvalue weighted by Crippen LogP contribution is -2.34. The van der Waals surface area contributed by atoms with Crippen LogP contribution < -0.4 is 4.74 Å². The van der Waals surface area contributed by atoms with Gasteiger partial charge in [-0.05, 0) is 75.2 Å². The monoisotopic (exact) mass is 395 g/mol. The Morgan fingerprint density at radius 3 is 2.83 bits per heavy atom. The smallest absolute Gasteiger partial charge is 0.231 e. The maximum atomic E-state index is 13.1. The molecule has 0 radical (unpaired) electrons. The summed E-state index contributed by atoms with van der Waals surface area (Å²) in [5.41, 5.74) is 2.00. The summed E-state index contributed by atoms with van der Waals surface area (Å²) in [4.78, 5) is 7.00. The summed E-state index contributed by atoms with van der Waals surface area (Å²) in [6.45, 7) is 6.86. The van der Waals surface area contributed by atoms with E-state index in [0.717, 1.165) is 43.8 Å². The first-order chi connectivity index (χ1) is 14.1. The molecule has 0 spiro atoms. The predicted octanol–water partition coefficient (Wildman–Crippen LogP) is 5.04. The van der Waals surface area contributed by atoms with E-state index in [1.165, 1.54) is 17.7 Å². The van der Waals surface area contributed by atoms with Gasteiger partial charge in [-0.1, -0.05) is 17.3 Å². The Hall–Kier alpha value is -2.73. The van der Waals surface area contributed by atoms with Gasteiger partial charge in [-0.15, -0.1) is 0 Å². The summed E-state index contributed by atoms with van der Waals surface area (Å²) >= 11 is 0. The van der Waals surface area contributed by atoms with Crippen LogP contribution in [0.3, 0.4) is 0 Å². The molecule has 0 N–H and O–H groups in total. The molecule has 0 bridgehead atoms. The van der Waals surface area contributed by atoms with Crippen LogP contribution in [0, 0.1) is 5.82 Å². The van der Waals surface area contributed by atoms with Crippen molar-refractivity contribution < 1.29 is 13.7 Å². The molecule has 1 aliphatic heterocycles. The van der Waals surface area contributed by atoms with Crippen molar-refractivity contribution >= 4 is 0 Å². The minimum atomic E-state index is -0.275. The van der Waals surface area contributed by atoms with E-state index in [1.807, 2.05) is 26.0 Å². The summed E-state index contributed by atoms with van der Waals surface area (Å²) < 4.78 is 24.5. The Labute approximate surface area is 170 Å². The van der Waals surface area contributed by atoms with Crippen molar-refractivity contribution in [1.82, 2.24) is 15.0 Å². The lowest BCUT2D eigenvalue weighted by atomic mass is 9.97. The highest BCUT2D eigenvalue weighted by Gasteiger charge is 2.26. The van der Waals surface area contributed by atoms with Crippen molar-refractivity contribution in [3.8, 4) is 17.1 Å². The third-order valence-electron chi connectivity index (χ3n) is 5.08. The van der Waals surface area contributed by atoms with Crippen LogP contribution in [0.2, 0.25) is 0 Å². The first kappa shape index (κ1) is 19.6. The second-order valence-corrected chi connectivity index (χ2v) is 7.85. The highest BCUT2D eigenvalue weighted by molar-refractivity contribution is 5.53. The van der Waals surface area contributed by atoms with E-state index in [2.05, 4.69) is 27.2 Å². The molecule has 0 saturated carbocycles. The van der Waals surface area contributed by atoms with Crippen molar-refractivity contribution in [3.63, 3.8) is 0 Å². The fourth-order valence-corrected chi connectivity index (χ4v) is 3.77. The van der Waals surface area contributed by atoms with E-state index in [1.54, 1.807) is 12.1 Å². The van der Waals surface area contributed by atoms with Crippen molar-refractivity contribution in [2.24, 2.45) is 0 Å². The zero-order valence-electron chi connectivity index (χ0n) is 16.8. The number of halogens is 1. The summed E-state index contributed by atoms with van der Waals surface area (Å²) in [6, 6.07) is 14.4. The second-order valence-electron chi connectivity index (χ2n) is 7.85. The van der Waals surface area contributed by atoms with Crippen molar-refractivity contribution in [2.75, 3.05) is 13.1 Å². The minimum Gasteiger partial charge on any atom is -0.491 e. The van der Waals surface area contributed by atoms with Crippen molar-refractivity contribution in [3.05, 3.63) is 65.8 Å². The third kappa shape index (κ3) is 5.01. The number of likely N-dealkylation sites (tertiary alicyclic amines) is 1. The van der Waals surface area contributed by atoms with Crippen LogP contribution in [-0.2, 0) is 6.54 Å². The zero-order valence-corrected chi connectivity index (χ0v) is 16.8. The molecular formula is C23H26FN3O2. The molecule has 0 aliphatic carbocycles. The van der Waals surface area contributed by atoms with Crippen LogP contribution in [0.25, 0.3) is 11.4 Å². The van der Waals surface area contributed by atoms with Gasteiger partial charge < -0.3 is 9.26 Å². The van der Waals surface area contributed by atoms with Gasteiger partial charge in [-0.25, -0.2) is 4.39 Å². The van der Waals surface area contributed by atoms with E-state index in [-0.39, 0.29) is 17.8 Å². The Bertz CT molecular complexity index is 939. The molecule has 5 nitrogen and oxygen atoms in total. The fourth-order valence-electron chi connectivity index (χ4n) is 3.77. The lowest BCUT2D eigenvalue weighted by molar-refractivity contribution is 0.180. The summed E-state index contributed by atoms with van der Waals surface area (Å²) in [6.07, 6.45) is 2.27. The van der Waals surface area contributed by atoms with Crippen LogP contribution in [0.5, 0.6) is 5.75 Å². The molecule has 1 aliphatic rings. The van der Waals surface area contributed by atoms with Crippen LogP contribution in [0.15, 0.2) is 53.1 Å². The molecule has 1 fully saturated rings. The quantitative estimate of drug-likeness (QED) is 0.585. The molecule has 3 aromatic rings. The van der Waals surface area contributed by atoms with E-state index in [4.69, 9.17) is 9.26 Å². The van der Waals surface area contributed by atoms with Gasteiger partial charge in [-0.2, -0.15) is 4.98 Å². The van der Waals surface area contributed by atoms with Gasteiger partial charge in [0.05, 0.1) is 12.0 Å². The maximum absolute atomic E-state index is 13.1. The topological polar surface area (TPSA) is 51.4 Å². The van der Waals surface area contributed by atoms with Crippen LogP contribution >= 0.6 is 0 Å². The number of piperidine rings is 1. The van der Waals surface area contributed by atoms with E-state index >= 15 is 0 Å². The minimum absolute atomic E-state index is 0.164. The van der Waals surface area contributed by atoms with Gasteiger partial charge in [0.15, 0.2) is 0 Å². The standard InChI is InChI=1S/C23H26FN3O2/c1-16(2)28-21-7-3-5-17(13-21)14-27-12-4-6-19(15-27)23-25-22(26-29-23)18-8-10-20(24)11-9-18/h3,5,7-11,13,16,19H,4,6,12,14-15H2,1-2H3. The lowest BCUT2D eigenvalue weighted by Gasteiger charge is -2.31. The number of benzene rings is 2. The highest BCUT2D eigenvalue weighted by Crippen LogP contribution is 2.29. The fraction of sp³-hybridized carbons (Fsp3) is 0.391. The first-order valence-corrected chi connectivity index (χ1v) is 10.1. The van der Waals surface area contributed by atoms with Gasteiger partial charge in [0.2, 0.25) is 11.7 Å². The number of ether oxygens (including phenoxy) is 1. The molecule has 1 atom stereocenters. The van der Waals surface area contributed by atoms with Gasteiger partial charge in [0.25, 0.3) is 0 Å². The van der Waals surface area contributed by atoms with Crippen molar-refractivity contribution in [2.45, 2.75) is 45.3 Å². The molecule has 1 saturated heterocycles. The zero-order chi connectivity index (χ0) is 20.2. The van der Waals surface area contributed by atoms with Gasteiger partial charge in [0, 0.05) is 18.7 Å². The van der Waals surface area contributed by atoms with Gasteiger partial charge in [0.1, 0.15) is 11.6 Å². The van der Waals surface area contributed by atoms with Crippen LogP contribution in [-0.4, -0.2) is 34.2 Å². The second kappa shape index (κ2) is 8.74. The van der Waals surface area contributed by atoms with E-state index < -0.39 is 0 Å². The Morgan fingerprint density at radius 1 is 1.21 bits per heavy atom. The molecule has 1 aromatic heterocycles. The number of nitrogens with zero attached hydrogens (tertiary/aromatic N) is 3. The van der Waals surface area contributed by atoms with E-state index in [0.29, 0.717) is 11.7 Å². The maximum Gasteiger partial charge on any atom is 0.231 e. The summed E-state index contributed by atoms with van der Waals surface area (Å²) in [5.74, 6) is 2.01. The molecule has 1 unspecified atom stereocenters. The van der Waals surface area contributed by atoms with Crippen molar-refractivity contribution in [1.29, 1.82) is 0 Å². The van der Waals surface area contributed by atoms with Crippen LogP contribution in [0.1, 0.15) is 44.1 Å². The van der Waals surface area contributed by atoms with Gasteiger partial charge >= 0.3 is 0 Å². The summed E-state index contributed by atoms with van der Waals surface area (Å²) in [5, 5.41) is 4.10. The number of hydrogen-bond donors (Lipinski definition) is 0. The molecule has 6 heteroatoms. The molecule has 2 aromatic carbocycles. The number of hydrogen-bond acceptors (Lipinski definition) is 5. The number of aromatic nitrogens is 2. The van der Waals surface area contributed by atoms with Crippen LogP contribution in [0.4, 0.5) is 4.39 Å². The average Bonchev–Trinajstić information content (AvgIpc) is 3.19. The largest absolute Gasteiger partial charge is 0.491 e. The number of rotatable bonds is 6. The SMILES string of the molecule is CC(C)Oc1cccc(CN2CCCC(c3nc(-c4ccc(F)cc4)no3)C2)c1. The highest BCUT2D eigenvalue weighted by atomic mass is 19.1. The molecule has 152 valence electrons. The molecular weight excluding hydrogens is 369 g/mol. The Morgan fingerprint density at radius 2 is 2.03 bits per heavy atom. The Balaban J connectivity index is 1.42. The predicted molar refractivity (Wildman–Crippen MR) is 109 cm³/mol. The van der Waals surface area contributed by atoms with E-state index in [9.17, 15) is 4.39 Å². The molecule has 29 heavy (non-hydrogen) atoms. The summed E-state index contributed by atoms with van der Waals surface area (Å²) in [7, 11) is 0. The molecule has 4 rings (SSSR count). The molecule has 2 heterocycles. The first-order valence-electron chi connectivity index (χ1n) is 10.1. The average molecular weight is 395 g/mol. The third-order valence-corrected chi connectivity index (χ3v) is 5.08. The molecule has 0 amide bonds. The normalized spacial score (nSPS) is 17.6. The van der Waals surface area contributed by atoms with Gasteiger partial charge in [-0.3, -0.25) is 4.90 Å².